The van der Waals surface area contributed by atoms with E-state index in [1.165, 1.54) is 14.2 Å². The van der Waals surface area contributed by atoms with E-state index in [9.17, 15) is 9.36 Å². The molecule has 0 spiro atoms. The number of aliphatic imine (C=N–C) groups is 3. The van der Waals surface area contributed by atoms with Crippen LogP contribution in [0.3, 0.4) is 0 Å². The molecular formula is C21H40N5O11P. The van der Waals surface area contributed by atoms with E-state index in [-0.39, 0.29) is 43.3 Å². The van der Waals surface area contributed by atoms with Crippen molar-refractivity contribution < 1.29 is 51.6 Å². The molecule has 2 rings (SSSR count). The molecule has 2 heterocycles. The molecule has 3 atom stereocenters. The molecule has 0 aromatic heterocycles. The Labute approximate surface area is 223 Å². The molecule has 3 unspecified atom stereocenters. The van der Waals surface area contributed by atoms with Gasteiger partial charge < -0.3 is 48.4 Å². The first-order valence-corrected chi connectivity index (χ1v) is 13.1. The lowest BCUT2D eigenvalue weighted by molar-refractivity contribution is -0.0980. The van der Waals surface area contributed by atoms with Gasteiger partial charge >= 0.3 is 13.8 Å². The summed E-state index contributed by atoms with van der Waals surface area (Å²) in [6.07, 6.45) is -0.101. The van der Waals surface area contributed by atoms with Crippen LogP contribution in [0.5, 0.6) is 0 Å². The van der Waals surface area contributed by atoms with Gasteiger partial charge in [0.25, 0.3) is 0 Å². The maximum Gasteiger partial charge on any atom is 0.510 e. The number of rotatable bonds is 13. The van der Waals surface area contributed by atoms with Gasteiger partial charge in [-0.2, -0.15) is 4.99 Å². The van der Waals surface area contributed by atoms with Crippen LogP contribution in [0.15, 0.2) is 15.0 Å². The van der Waals surface area contributed by atoms with E-state index in [0.29, 0.717) is 19.2 Å². The zero-order chi connectivity index (χ0) is 29.1. The standard InChI is InChI=1S/C15H26N5O8P.C5H12O2.CH2O/c1-10(2)28-15(21)26-8-27-29(22,24-4)9-25-6-5-20-7-17-11-12(20)18-14(16)19-13(11)23-3;1-5(2)7-4-6-3;1-2/h7,10-12H,5-6,8-9H2,1-4H3,(H2,16,18);5H,4H2,1-3H3;1H2. The number of nitrogens with zero attached hydrogens (tertiary/aromatic N) is 4. The summed E-state index contributed by atoms with van der Waals surface area (Å²) in [5, 5.41) is 0. The Morgan fingerprint density at radius 1 is 1.16 bits per heavy atom. The summed E-state index contributed by atoms with van der Waals surface area (Å²) in [6, 6.07) is -0.372. The molecule has 0 radical (unpaired) electrons. The van der Waals surface area contributed by atoms with Gasteiger partial charge in [-0.05, 0) is 27.7 Å². The number of hydrogen-bond donors (Lipinski definition) is 1. The van der Waals surface area contributed by atoms with Gasteiger partial charge in [-0.25, -0.2) is 9.79 Å². The SMILES string of the molecule is C=O.COC1=NC(N)=NC2C1N=CN2CCOCP(=O)(OC)OCOC(=O)OC(C)C.COCOC(C)C. The van der Waals surface area contributed by atoms with E-state index in [1.54, 1.807) is 32.2 Å². The lowest BCUT2D eigenvalue weighted by atomic mass is 10.2. The Balaban J connectivity index is 0.00000132. The zero-order valence-corrected chi connectivity index (χ0v) is 23.8. The van der Waals surface area contributed by atoms with Crippen molar-refractivity contribution in [3.63, 3.8) is 0 Å². The largest absolute Gasteiger partial charge is 0.510 e. The molecule has 2 aliphatic rings. The van der Waals surface area contributed by atoms with Gasteiger partial charge in [-0.1, -0.05) is 0 Å². The number of carbonyl (C=O) groups excluding carboxylic acids is 2. The molecule has 0 bridgehead atoms. The minimum atomic E-state index is -3.60. The van der Waals surface area contributed by atoms with Crippen LogP contribution < -0.4 is 5.73 Å². The second-order valence-electron chi connectivity index (χ2n) is 7.76. The third-order valence-electron chi connectivity index (χ3n) is 4.25. The predicted molar refractivity (Wildman–Crippen MR) is 138 cm³/mol. The Bertz CT molecular complexity index is 825. The number of guanidine groups is 1. The van der Waals surface area contributed by atoms with Gasteiger partial charge in [-0.15, -0.1) is 0 Å². The normalized spacial score (nSPS) is 19.2. The molecule has 0 amide bonds. The maximum atomic E-state index is 12.4. The Morgan fingerprint density at radius 2 is 1.84 bits per heavy atom. The molecule has 0 aromatic carbocycles. The number of hydrogen-bond acceptors (Lipinski definition) is 16. The van der Waals surface area contributed by atoms with Crippen LogP contribution in [0.2, 0.25) is 0 Å². The molecule has 0 saturated heterocycles. The lowest BCUT2D eigenvalue weighted by Crippen LogP contribution is -2.44. The van der Waals surface area contributed by atoms with Crippen molar-refractivity contribution in [2.24, 2.45) is 20.7 Å². The Hall–Kier alpha value is -2.62. The van der Waals surface area contributed by atoms with Crippen LogP contribution in [0.4, 0.5) is 4.79 Å². The topological polar surface area (TPSA) is 191 Å². The average Bonchev–Trinajstić information content (AvgIpc) is 3.28. The van der Waals surface area contributed by atoms with Crippen molar-refractivity contribution in [1.82, 2.24) is 4.90 Å². The first kappa shape index (κ1) is 35.4. The molecule has 0 aliphatic carbocycles. The summed E-state index contributed by atoms with van der Waals surface area (Å²) in [5.74, 6) is 0.489. The summed E-state index contributed by atoms with van der Waals surface area (Å²) in [6.45, 7) is 9.65. The molecule has 2 aliphatic heterocycles. The van der Waals surface area contributed by atoms with Crippen LogP contribution >= 0.6 is 7.60 Å². The highest BCUT2D eigenvalue weighted by atomic mass is 31.2. The monoisotopic (exact) mass is 569 g/mol. The summed E-state index contributed by atoms with van der Waals surface area (Å²) in [7, 11) is 0.712. The highest BCUT2D eigenvalue weighted by molar-refractivity contribution is 7.53. The van der Waals surface area contributed by atoms with Crippen molar-refractivity contribution >= 4 is 38.7 Å². The van der Waals surface area contributed by atoms with E-state index in [4.69, 9.17) is 38.5 Å². The number of ether oxygens (including phenoxy) is 6. The summed E-state index contributed by atoms with van der Waals surface area (Å²) in [5.41, 5.74) is 5.70. The van der Waals surface area contributed by atoms with E-state index < -0.39 is 20.5 Å². The summed E-state index contributed by atoms with van der Waals surface area (Å²) < 4.78 is 51.9. The van der Waals surface area contributed by atoms with E-state index in [2.05, 4.69) is 24.5 Å². The van der Waals surface area contributed by atoms with Crippen molar-refractivity contribution in [2.45, 2.75) is 52.1 Å². The van der Waals surface area contributed by atoms with Crippen LogP contribution in [0, 0.1) is 0 Å². The van der Waals surface area contributed by atoms with Gasteiger partial charge in [0.1, 0.15) is 19.9 Å². The minimum Gasteiger partial charge on any atom is -0.482 e. The van der Waals surface area contributed by atoms with E-state index in [0.717, 1.165) is 0 Å². The maximum absolute atomic E-state index is 12.4. The third kappa shape index (κ3) is 13.8. The molecule has 0 aromatic rings. The number of carbonyl (C=O) groups is 2. The van der Waals surface area contributed by atoms with Gasteiger partial charge in [-0.3, -0.25) is 14.1 Å². The smallest absolute Gasteiger partial charge is 0.482 e. The second kappa shape index (κ2) is 19.4. The zero-order valence-electron chi connectivity index (χ0n) is 22.9. The van der Waals surface area contributed by atoms with Crippen LogP contribution in [-0.2, 0) is 46.8 Å². The van der Waals surface area contributed by atoms with E-state index in [1.807, 2.05) is 20.6 Å². The molecule has 0 saturated carbocycles. The predicted octanol–water partition coefficient (Wildman–Crippen LogP) is 1.58. The second-order valence-corrected chi connectivity index (χ2v) is 9.87. The van der Waals surface area contributed by atoms with E-state index >= 15 is 0 Å². The van der Waals surface area contributed by atoms with Crippen molar-refractivity contribution in [3.8, 4) is 0 Å². The quantitative estimate of drug-likeness (QED) is 0.146. The number of methoxy groups -OCH3 is 2. The van der Waals surface area contributed by atoms with Gasteiger partial charge in [0.05, 0.1) is 32.3 Å². The average molecular weight is 570 g/mol. The van der Waals surface area contributed by atoms with Crippen LogP contribution in [-0.4, -0.2) is 115 Å². The third-order valence-corrected chi connectivity index (χ3v) is 5.80. The van der Waals surface area contributed by atoms with Crippen molar-refractivity contribution in [1.29, 1.82) is 0 Å². The van der Waals surface area contributed by atoms with Crippen molar-refractivity contribution in [2.75, 3.05) is 54.4 Å². The van der Waals surface area contributed by atoms with Crippen LogP contribution in [0.1, 0.15) is 27.7 Å². The van der Waals surface area contributed by atoms with Crippen molar-refractivity contribution in [3.05, 3.63) is 0 Å². The summed E-state index contributed by atoms with van der Waals surface area (Å²) >= 11 is 0. The first-order valence-electron chi connectivity index (χ1n) is 11.4. The molecule has 2 N–H and O–H groups in total. The van der Waals surface area contributed by atoms with Crippen LogP contribution in [0.25, 0.3) is 0 Å². The fourth-order valence-electron chi connectivity index (χ4n) is 2.59. The molecule has 220 valence electrons. The van der Waals surface area contributed by atoms with Gasteiger partial charge in [0.15, 0.2) is 12.2 Å². The fraction of sp³-hybridized carbons (Fsp3) is 0.762. The molecular weight excluding hydrogens is 529 g/mol. The molecule has 17 heteroatoms. The highest BCUT2D eigenvalue weighted by Crippen LogP contribution is 2.47. The summed E-state index contributed by atoms with van der Waals surface area (Å²) in [4.78, 5) is 33.6. The minimum absolute atomic E-state index is 0.104. The first-order chi connectivity index (χ1) is 18.0. The van der Waals surface area contributed by atoms with Gasteiger partial charge in [0, 0.05) is 20.8 Å². The Morgan fingerprint density at radius 3 is 2.37 bits per heavy atom. The molecule has 0 fully saturated rings. The molecule has 38 heavy (non-hydrogen) atoms. The molecule has 16 nitrogen and oxygen atoms in total. The number of nitrogens with two attached hydrogens (primary N) is 1. The number of fused-ring (bicyclic) bond motifs is 1. The Kier molecular flexibility index (Phi) is 18.1. The lowest BCUT2D eigenvalue weighted by Gasteiger charge is -2.27. The van der Waals surface area contributed by atoms with Gasteiger partial charge in [0.2, 0.25) is 18.7 Å². The highest BCUT2D eigenvalue weighted by Gasteiger charge is 2.38. The fourth-order valence-corrected chi connectivity index (χ4v) is 3.45.